The second-order valence-electron chi connectivity index (χ2n) is 4.93. The van der Waals surface area contributed by atoms with Gasteiger partial charge in [0.1, 0.15) is 11.1 Å². The highest BCUT2D eigenvalue weighted by atomic mass is 32.1. The van der Waals surface area contributed by atoms with Crippen LogP contribution in [0, 0.1) is 0 Å². The summed E-state index contributed by atoms with van der Waals surface area (Å²) < 4.78 is 5.87. The quantitative estimate of drug-likeness (QED) is 0.907. The number of hydrogen-bond donors (Lipinski definition) is 1. The number of thiazole rings is 1. The average Bonchev–Trinajstić information content (AvgIpc) is 2.82. The average molecular weight is 269 g/mol. The summed E-state index contributed by atoms with van der Waals surface area (Å²) in [4.78, 5) is 8.36. The van der Waals surface area contributed by atoms with E-state index in [2.05, 4.69) is 25.7 Å². The number of ether oxygens (including phenoxy) is 1. The Morgan fingerprint density at radius 2 is 2.33 bits per heavy atom. The third-order valence-corrected chi connectivity index (χ3v) is 4.63. The van der Waals surface area contributed by atoms with Gasteiger partial charge < -0.3 is 10.5 Å². The largest absolute Gasteiger partial charge is 0.368 e. The van der Waals surface area contributed by atoms with Crippen molar-refractivity contribution >= 4 is 11.3 Å². The minimum atomic E-state index is 0.122. The predicted molar refractivity (Wildman–Crippen MR) is 74.8 cm³/mol. The number of aryl methyl sites for hydroxylation is 1. The van der Waals surface area contributed by atoms with Crippen LogP contribution >= 0.6 is 11.3 Å². The number of rotatable bonds is 4. The summed E-state index contributed by atoms with van der Waals surface area (Å²) in [5.41, 5.74) is 6.91. The Bertz CT molecular complexity index is 370. The summed E-state index contributed by atoms with van der Waals surface area (Å²) in [7, 11) is 0. The summed E-state index contributed by atoms with van der Waals surface area (Å²) in [6, 6.07) is 0.566. The molecule has 0 aromatic carbocycles. The molecule has 5 heteroatoms. The van der Waals surface area contributed by atoms with Gasteiger partial charge in [0.25, 0.3) is 0 Å². The van der Waals surface area contributed by atoms with Crippen molar-refractivity contribution in [1.29, 1.82) is 0 Å². The maximum Gasteiger partial charge on any atom is 0.123 e. The third kappa shape index (κ3) is 2.91. The zero-order chi connectivity index (χ0) is 13.1. The van der Waals surface area contributed by atoms with Crippen molar-refractivity contribution in [2.75, 3.05) is 19.7 Å². The Hall–Kier alpha value is -0.490. The smallest absolute Gasteiger partial charge is 0.123 e. The molecule has 0 aliphatic carbocycles. The van der Waals surface area contributed by atoms with Gasteiger partial charge in [-0.3, -0.25) is 4.90 Å². The fourth-order valence-electron chi connectivity index (χ4n) is 2.26. The molecule has 4 nitrogen and oxygen atoms in total. The summed E-state index contributed by atoms with van der Waals surface area (Å²) in [6.07, 6.45) is 1.07. The molecule has 2 heterocycles. The minimum absolute atomic E-state index is 0.122. The minimum Gasteiger partial charge on any atom is -0.368 e. The number of morpholine rings is 1. The zero-order valence-corrected chi connectivity index (χ0v) is 12.3. The fourth-order valence-corrected chi connectivity index (χ4v) is 3.34. The van der Waals surface area contributed by atoms with Crippen molar-refractivity contribution in [1.82, 2.24) is 9.88 Å². The first-order valence-corrected chi connectivity index (χ1v) is 7.51. The number of nitrogens with zero attached hydrogens (tertiary/aromatic N) is 2. The molecule has 2 rings (SSSR count). The first kappa shape index (κ1) is 13.9. The standard InChI is InChI=1S/C13H23N3OS/c1-4-10-12(7-14)18-13(15-10)11-8-16(9(2)3)5-6-17-11/h9,11H,4-8,14H2,1-3H3. The maximum atomic E-state index is 5.87. The van der Waals surface area contributed by atoms with Gasteiger partial charge in [-0.15, -0.1) is 11.3 Å². The SMILES string of the molecule is CCc1nc(C2CN(C(C)C)CCO2)sc1CN. The summed E-state index contributed by atoms with van der Waals surface area (Å²) in [6.45, 7) is 9.92. The molecule has 1 aliphatic rings. The second-order valence-corrected chi connectivity index (χ2v) is 6.04. The molecule has 102 valence electrons. The lowest BCUT2D eigenvalue weighted by Crippen LogP contribution is -2.42. The van der Waals surface area contributed by atoms with Crippen molar-refractivity contribution in [3.05, 3.63) is 15.6 Å². The Morgan fingerprint density at radius 3 is 2.89 bits per heavy atom. The van der Waals surface area contributed by atoms with Gasteiger partial charge in [0.2, 0.25) is 0 Å². The molecule has 0 bridgehead atoms. The van der Waals surface area contributed by atoms with Crippen LogP contribution in [0.15, 0.2) is 0 Å². The highest BCUT2D eigenvalue weighted by molar-refractivity contribution is 7.11. The molecule has 1 atom stereocenters. The van der Waals surface area contributed by atoms with Crippen LogP contribution in [-0.4, -0.2) is 35.6 Å². The van der Waals surface area contributed by atoms with Crippen molar-refractivity contribution in [2.45, 2.75) is 45.9 Å². The first-order chi connectivity index (χ1) is 8.65. The molecule has 0 spiro atoms. The molecule has 1 aromatic heterocycles. The Labute approximate surface area is 113 Å². The van der Waals surface area contributed by atoms with E-state index < -0.39 is 0 Å². The van der Waals surface area contributed by atoms with Crippen LogP contribution in [0.25, 0.3) is 0 Å². The van der Waals surface area contributed by atoms with E-state index in [1.54, 1.807) is 11.3 Å². The van der Waals surface area contributed by atoms with Gasteiger partial charge in [0, 0.05) is 30.6 Å². The zero-order valence-electron chi connectivity index (χ0n) is 11.5. The van der Waals surface area contributed by atoms with Crippen LogP contribution in [0.2, 0.25) is 0 Å². The lowest BCUT2D eigenvalue weighted by molar-refractivity contribution is -0.0403. The van der Waals surface area contributed by atoms with Gasteiger partial charge in [-0.05, 0) is 20.3 Å². The molecular weight excluding hydrogens is 246 g/mol. The molecule has 1 unspecified atom stereocenters. The molecule has 1 aliphatic heterocycles. The van der Waals surface area contributed by atoms with Gasteiger partial charge in [-0.2, -0.15) is 0 Å². The van der Waals surface area contributed by atoms with Crippen LogP contribution in [0.3, 0.4) is 0 Å². The summed E-state index contributed by atoms with van der Waals surface area (Å²) in [5, 5.41) is 1.10. The lowest BCUT2D eigenvalue weighted by atomic mass is 10.2. The van der Waals surface area contributed by atoms with Crippen LogP contribution in [0.1, 0.15) is 42.5 Å². The van der Waals surface area contributed by atoms with E-state index in [4.69, 9.17) is 15.5 Å². The van der Waals surface area contributed by atoms with Crippen LogP contribution in [-0.2, 0) is 17.7 Å². The van der Waals surface area contributed by atoms with Gasteiger partial charge in [0.05, 0.1) is 12.3 Å². The molecule has 18 heavy (non-hydrogen) atoms. The van der Waals surface area contributed by atoms with Gasteiger partial charge in [-0.1, -0.05) is 6.92 Å². The van der Waals surface area contributed by atoms with Gasteiger partial charge >= 0.3 is 0 Å². The molecular formula is C13H23N3OS. The van der Waals surface area contributed by atoms with E-state index >= 15 is 0 Å². The lowest BCUT2D eigenvalue weighted by Gasteiger charge is -2.34. The van der Waals surface area contributed by atoms with E-state index in [0.29, 0.717) is 12.6 Å². The summed E-state index contributed by atoms with van der Waals surface area (Å²) >= 11 is 1.72. The highest BCUT2D eigenvalue weighted by Gasteiger charge is 2.26. The monoisotopic (exact) mass is 269 g/mol. The predicted octanol–water partition coefficient (Wildman–Crippen LogP) is 1.95. The first-order valence-electron chi connectivity index (χ1n) is 6.69. The van der Waals surface area contributed by atoms with Crippen LogP contribution < -0.4 is 5.73 Å². The van der Waals surface area contributed by atoms with Gasteiger partial charge in [0.15, 0.2) is 0 Å². The third-order valence-electron chi connectivity index (χ3n) is 3.42. The molecule has 1 aromatic rings. The Balaban J connectivity index is 2.13. The van der Waals surface area contributed by atoms with Crippen LogP contribution in [0.5, 0.6) is 0 Å². The topological polar surface area (TPSA) is 51.4 Å². The normalized spacial score (nSPS) is 21.7. The van der Waals surface area contributed by atoms with E-state index in [1.807, 2.05) is 0 Å². The summed E-state index contributed by atoms with van der Waals surface area (Å²) in [5.74, 6) is 0. The highest BCUT2D eigenvalue weighted by Crippen LogP contribution is 2.29. The van der Waals surface area contributed by atoms with E-state index in [0.717, 1.165) is 36.8 Å². The molecule has 0 saturated carbocycles. The second kappa shape index (κ2) is 6.10. The van der Waals surface area contributed by atoms with E-state index in [1.165, 1.54) is 4.88 Å². The van der Waals surface area contributed by atoms with Crippen molar-refractivity contribution in [3.8, 4) is 0 Å². The van der Waals surface area contributed by atoms with Gasteiger partial charge in [-0.25, -0.2) is 4.98 Å². The molecule has 0 radical (unpaired) electrons. The van der Waals surface area contributed by atoms with Crippen molar-refractivity contribution in [3.63, 3.8) is 0 Å². The van der Waals surface area contributed by atoms with Crippen LogP contribution in [0.4, 0.5) is 0 Å². The number of nitrogens with two attached hydrogens (primary N) is 1. The van der Waals surface area contributed by atoms with Crippen molar-refractivity contribution in [2.24, 2.45) is 5.73 Å². The Kier molecular flexibility index (Phi) is 4.72. The van der Waals surface area contributed by atoms with E-state index in [-0.39, 0.29) is 6.10 Å². The molecule has 1 saturated heterocycles. The van der Waals surface area contributed by atoms with Crippen molar-refractivity contribution < 1.29 is 4.74 Å². The maximum absolute atomic E-state index is 5.87. The fraction of sp³-hybridized carbons (Fsp3) is 0.769. The molecule has 1 fully saturated rings. The Morgan fingerprint density at radius 1 is 1.56 bits per heavy atom. The molecule has 0 amide bonds. The number of hydrogen-bond acceptors (Lipinski definition) is 5. The van der Waals surface area contributed by atoms with E-state index in [9.17, 15) is 0 Å². The number of aromatic nitrogens is 1. The molecule has 2 N–H and O–H groups in total.